The molecule has 0 aliphatic carbocycles. The van der Waals surface area contributed by atoms with Crippen molar-refractivity contribution < 1.29 is 4.39 Å². The number of hydrogen-bond donors (Lipinski definition) is 1. The van der Waals surface area contributed by atoms with Gasteiger partial charge in [0.1, 0.15) is 11.5 Å². The Balaban J connectivity index is 2.11. The van der Waals surface area contributed by atoms with Crippen molar-refractivity contribution in [3.63, 3.8) is 0 Å². The van der Waals surface area contributed by atoms with E-state index < -0.39 is 16.3 Å². The zero-order valence-corrected chi connectivity index (χ0v) is 14.6. The number of nitrogens with zero attached hydrogens (tertiary/aromatic N) is 4. The lowest BCUT2D eigenvalue weighted by molar-refractivity contribution is 0.611. The molecule has 0 atom stereocenters. The predicted octanol–water partition coefficient (Wildman–Crippen LogP) is -0.359. The molecule has 0 unspecified atom stereocenters. The second kappa shape index (κ2) is 6.73. The molecular formula is C15H10B6FN5. The van der Waals surface area contributed by atoms with E-state index >= 15 is 0 Å². The summed E-state index contributed by atoms with van der Waals surface area (Å²) in [6.07, 6.45) is 2.95. The minimum Gasteiger partial charge on any atom is -0.410 e. The van der Waals surface area contributed by atoms with Crippen LogP contribution in [0.2, 0.25) is 0 Å². The lowest BCUT2D eigenvalue weighted by Gasteiger charge is -2.50. The lowest BCUT2D eigenvalue weighted by Crippen LogP contribution is -2.64. The Hall–Kier alpha value is -2.24. The molecule has 3 aromatic rings. The maximum absolute atomic E-state index is 14.2. The van der Waals surface area contributed by atoms with E-state index in [2.05, 4.69) is 15.4 Å². The second-order valence-electron chi connectivity index (χ2n) is 6.21. The Morgan fingerprint density at radius 3 is 2.33 bits per heavy atom. The van der Waals surface area contributed by atoms with Crippen LogP contribution in [0.25, 0.3) is 16.7 Å². The van der Waals surface area contributed by atoms with Gasteiger partial charge < -0.3 is 10.2 Å². The van der Waals surface area contributed by atoms with Gasteiger partial charge in [-0.05, 0) is 24.3 Å². The molecule has 12 heteroatoms. The van der Waals surface area contributed by atoms with Crippen molar-refractivity contribution in [1.29, 1.82) is 0 Å². The smallest absolute Gasteiger partial charge is 0.181 e. The van der Waals surface area contributed by atoms with Crippen LogP contribution in [0.1, 0.15) is 0 Å². The van der Waals surface area contributed by atoms with Crippen LogP contribution in [0.3, 0.4) is 0 Å². The Morgan fingerprint density at radius 2 is 1.74 bits per heavy atom. The van der Waals surface area contributed by atoms with Crippen molar-refractivity contribution in [2.24, 2.45) is 0 Å². The first-order chi connectivity index (χ1) is 12.5. The first-order valence-corrected chi connectivity index (χ1v) is 7.87. The maximum Gasteiger partial charge on any atom is 0.181 e. The molecule has 0 saturated heterocycles. The van der Waals surface area contributed by atoms with Gasteiger partial charge in [0.15, 0.2) is 5.65 Å². The van der Waals surface area contributed by atoms with Gasteiger partial charge in [0.25, 0.3) is 0 Å². The highest BCUT2D eigenvalue weighted by atomic mass is 19.1. The standard InChI is InChI=1S/C15H10B6FN5/c1-23-9-2-3-11(22)12(5-9)26-7-8-4-10(6-24-13(8)25-26)27(14(16,17)18)15(19,20)21/h2-7,23H,1H3. The van der Waals surface area contributed by atoms with E-state index in [0.717, 1.165) is 10.6 Å². The van der Waals surface area contributed by atoms with E-state index in [9.17, 15) is 4.39 Å². The fourth-order valence-corrected chi connectivity index (χ4v) is 2.78. The van der Waals surface area contributed by atoms with Crippen molar-refractivity contribution in [2.75, 3.05) is 17.3 Å². The maximum atomic E-state index is 14.2. The number of aromatic nitrogens is 3. The van der Waals surface area contributed by atoms with Gasteiger partial charge in [0.2, 0.25) is 0 Å². The number of benzene rings is 1. The minimum atomic E-state index is -1.95. The zero-order chi connectivity index (χ0) is 20.0. The molecule has 27 heavy (non-hydrogen) atoms. The largest absolute Gasteiger partial charge is 0.410 e. The third kappa shape index (κ3) is 3.89. The van der Waals surface area contributed by atoms with Crippen LogP contribution in [0, 0.1) is 5.82 Å². The van der Waals surface area contributed by atoms with Gasteiger partial charge in [-0.15, -0.1) is 5.10 Å². The molecule has 0 aliphatic rings. The van der Waals surface area contributed by atoms with Crippen molar-refractivity contribution in [2.45, 2.75) is 10.5 Å². The van der Waals surface area contributed by atoms with Crippen LogP contribution in [0.5, 0.6) is 0 Å². The Morgan fingerprint density at radius 1 is 1.07 bits per heavy atom. The van der Waals surface area contributed by atoms with Crippen LogP contribution < -0.4 is 10.2 Å². The van der Waals surface area contributed by atoms with E-state index in [0.29, 0.717) is 11.0 Å². The average Bonchev–Trinajstić information content (AvgIpc) is 2.95. The van der Waals surface area contributed by atoms with Crippen LogP contribution >= 0.6 is 0 Å². The summed E-state index contributed by atoms with van der Waals surface area (Å²) in [5.74, 6) is -0.446. The molecule has 0 aliphatic heterocycles. The van der Waals surface area contributed by atoms with Gasteiger partial charge in [0.05, 0.1) is 59.0 Å². The number of fused-ring (bicyclic) bond motifs is 1. The highest BCUT2D eigenvalue weighted by molar-refractivity contribution is 6.66. The lowest BCUT2D eigenvalue weighted by atomic mass is 9.40. The Kier molecular flexibility index (Phi) is 4.87. The SMILES string of the molecule is [B]C([B])([B])N(c1cnc2nn(-c3cc(NC)ccc3F)cc2c1)C([B])([B])[B]. The van der Waals surface area contributed by atoms with Crippen LogP contribution in [-0.4, -0.2) is 79.4 Å². The third-order valence-corrected chi connectivity index (χ3v) is 3.86. The monoisotopic (exact) mass is 345 g/mol. The fraction of sp³-hybridized carbons (Fsp3) is 0.200. The molecule has 0 amide bonds. The molecule has 1 aromatic carbocycles. The summed E-state index contributed by atoms with van der Waals surface area (Å²) < 4.78 is 15.6. The summed E-state index contributed by atoms with van der Waals surface area (Å²) in [5.41, 5.74) is 1.59. The quantitative estimate of drug-likeness (QED) is 0.643. The molecule has 12 radical (unpaired) electrons. The first kappa shape index (κ1) is 19.5. The number of halogens is 1. The fourth-order valence-electron chi connectivity index (χ4n) is 2.78. The summed E-state index contributed by atoms with van der Waals surface area (Å²) in [5, 5.41) is 3.86. The van der Waals surface area contributed by atoms with Crippen molar-refractivity contribution in [3.05, 3.63) is 42.5 Å². The number of hydrogen-bond acceptors (Lipinski definition) is 4. The van der Waals surface area contributed by atoms with Crippen LogP contribution in [-0.2, 0) is 0 Å². The van der Waals surface area contributed by atoms with Crippen molar-refractivity contribution in [1.82, 2.24) is 14.8 Å². The second-order valence-corrected chi connectivity index (χ2v) is 6.21. The van der Waals surface area contributed by atoms with Crippen LogP contribution in [0.4, 0.5) is 15.8 Å². The van der Waals surface area contributed by atoms with Gasteiger partial charge in [-0.3, -0.25) is 0 Å². The first-order valence-electron chi connectivity index (χ1n) is 7.87. The summed E-state index contributed by atoms with van der Waals surface area (Å²) in [7, 11) is 36.1. The Bertz CT molecular complexity index is 967. The van der Waals surface area contributed by atoms with Crippen LogP contribution in [0.15, 0.2) is 36.7 Å². The normalized spacial score (nSPS) is 12.2. The average molecular weight is 344 g/mol. The van der Waals surface area contributed by atoms with E-state index in [1.807, 2.05) is 0 Å². The number of pyridine rings is 1. The van der Waals surface area contributed by atoms with Crippen molar-refractivity contribution >= 4 is 69.5 Å². The van der Waals surface area contributed by atoms with Crippen molar-refractivity contribution in [3.8, 4) is 5.69 Å². The van der Waals surface area contributed by atoms with E-state index in [4.69, 9.17) is 47.1 Å². The molecule has 0 saturated carbocycles. The highest BCUT2D eigenvalue weighted by Crippen LogP contribution is 2.27. The summed E-state index contributed by atoms with van der Waals surface area (Å²) >= 11 is 0. The summed E-state index contributed by atoms with van der Waals surface area (Å²) in [6.45, 7) is 0. The van der Waals surface area contributed by atoms with Gasteiger partial charge in [-0.25, -0.2) is 14.1 Å². The molecule has 2 aromatic heterocycles. The molecule has 0 fully saturated rings. The molecule has 2 heterocycles. The number of nitrogens with one attached hydrogen (secondary N) is 1. The number of anilines is 2. The van der Waals surface area contributed by atoms with Gasteiger partial charge in [0, 0.05) is 24.3 Å². The molecular weight excluding hydrogens is 334 g/mol. The van der Waals surface area contributed by atoms with Gasteiger partial charge in [-0.2, -0.15) is 0 Å². The minimum absolute atomic E-state index is 0.245. The van der Waals surface area contributed by atoms with Gasteiger partial charge >= 0.3 is 0 Å². The molecule has 0 spiro atoms. The third-order valence-electron chi connectivity index (χ3n) is 3.86. The molecule has 1 N–H and O–H groups in total. The van der Waals surface area contributed by atoms with E-state index in [-0.39, 0.29) is 11.4 Å². The predicted molar refractivity (Wildman–Crippen MR) is 111 cm³/mol. The number of rotatable bonds is 5. The van der Waals surface area contributed by atoms with E-state index in [1.165, 1.54) is 16.9 Å². The van der Waals surface area contributed by atoms with Gasteiger partial charge in [-0.1, -0.05) is 10.5 Å². The Labute approximate surface area is 164 Å². The molecule has 120 valence electrons. The highest BCUT2D eigenvalue weighted by Gasteiger charge is 2.29. The van der Waals surface area contributed by atoms with E-state index in [1.54, 1.807) is 31.4 Å². The molecule has 0 bridgehead atoms. The summed E-state index contributed by atoms with van der Waals surface area (Å²) in [6, 6.07) is 6.16. The topological polar surface area (TPSA) is 46.0 Å². The zero-order valence-electron chi connectivity index (χ0n) is 14.6. The summed E-state index contributed by atoms with van der Waals surface area (Å²) in [4.78, 5) is 5.21. The molecule has 3 rings (SSSR count). The molecule has 5 nitrogen and oxygen atoms in total.